The molecule has 2 saturated carbocycles. The Balaban J connectivity index is 1.61. The van der Waals surface area contributed by atoms with Crippen LogP contribution in [0.15, 0.2) is 30.9 Å². The smallest absolute Gasteiger partial charge is 0.119 e. The highest BCUT2D eigenvalue weighted by Crippen LogP contribution is 2.61. The minimum atomic E-state index is 0.489. The summed E-state index contributed by atoms with van der Waals surface area (Å²) in [7, 11) is 4.08. The maximum atomic E-state index is 5.45. The number of benzene rings is 1. The molecule has 2 fully saturated rings. The third-order valence-electron chi connectivity index (χ3n) is 7.83. The van der Waals surface area contributed by atoms with Crippen molar-refractivity contribution in [2.45, 2.75) is 57.4 Å². The van der Waals surface area contributed by atoms with Crippen molar-refractivity contribution in [1.29, 1.82) is 0 Å². The molecule has 4 rings (SSSR count). The van der Waals surface area contributed by atoms with Gasteiger partial charge in [-0.05, 0) is 92.0 Å². The summed E-state index contributed by atoms with van der Waals surface area (Å²) in [5, 5.41) is 0. The molecule has 0 unspecified atom stereocenters. The van der Waals surface area contributed by atoms with Crippen LogP contribution in [0.3, 0.4) is 0 Å². The lowest BCUT2D eigenvalue weighted by Gasteiger charge is -2.52. The zero-order valence-electron chi connectivity index (χ0n) is 16.1. The van der Waals surface area contributed by atoms with Crippen LogP contribution in [-0.2, 0) is 6.42 Å². The van der Waals surface area contributed by atoms with Gasteiger partial charge in [0.1, 0.15) is 5.75 Å². The second-order valence-corrected chi connectivity index (χ2v) is 8.85. The standard InChI is InChI=1S/C23H33NO/c1-5-14-24(3)22-11-10-21-20-8-6-16-15-17(25-4)7-9-18(16)19(20)12-13-23(21,22)2/h5,7,9,15,19-22H,1,6,8,10-14H2,2-4H3/t19-,20-,21+,22+,23+/m1/s1. The SMILES string of the molecule is C=CCN(C)[C@H]1CC[C@H]2[C@@H]3CCc4cc(OC)ccc4[C@H]3CC[C@]12C. The third-order valence-corrected chi connectivity index (χ3v) is 7.83. The molecule has 0 heterocycles. The molecule has 2 heteroatoms. The molecule has 0 aliphatic heterocycles. The molecule has 3 aliphatic carbocycles. The zero-order chi connectivity index (χ0) is 17.6. The van der Waals surface area contributed by atoms with E-state index >= 15 is 0 Å². The van der Waals surface area contributed by atoms with E-state index in [1.807, 2.05) is 0 Å². The van der Waals surface area contributed by atoms with Crippen molar-refractivity contribution >= 4 is 0 Å². The topological polar surface area (TPSA) is 12.5 Å². The summed E-state index contributed by atoms with van der Waals surface area (Å²) in [6.07, 6.45) is 10.2. The van der Waals surface area contributed by atoms with Crippen LogP contribution in [0.2, 0.25) is 0 Å². The van der Waals surface area contributed by atoms with Gasteiger partial charge in [0.2, 0.25) is 0 Å². The van der Waals surface area contributed by atoms with E-state index in [1.165, 1.54) is 38.5 Å². The largest absolute Gasteiger partial charge is 0.497 e. The van der Waals surface area contributed by atoms with Crippen molar-refractivity contribution in [3.63, 3.8) is 0 Å². The molecule has 136 valence electrons. The Bertz CT molecular complexity index is 653. The van der Waals surface area contributed by atoms with Gasteiger partial charge in [0.25, 0.3) is 0 Å². The molecule has 1 aromatic carbocycles. The molecular weight excluding hydrogens is 306 g/mol. The number of methoxy groups -OCH3 is 1. The first-order valence-electron chi connectivity index (χ1n) is 10.1. The van der Waals surface area contributed by atoms with E-state index in [1.54, 1.807) is 18.2 Å². The Kier molecular flexibility index (Phi) is 4.43. The fourth-order valence-corrected chi connectivity index (χ4v) is 6.71. The average molecular weight is 340 g/mol. The monoisotopic (exact) mass is 339 g/mol. The second-order valence-electron chi connectivity index (χ2n) is 8.85. The number of hydrogen-bond acceptors (Lipinski definition) is 2. The summed E-state index contributed by atoms with van der Waals surface area (Å²) in [4.78, 5) is 2.56. The van der Waals surface area contributed by atoms with Gasteiger partial charge >= 0.3 is 0 Å². The molecule has 3 aliphatic rings. The number of nitrogens with zero attached hydrogens (tertiary/aromatic N) is 1. The Morgan fingerprint density at radius 2 is 2.12 bits per heavy atom. The average Bonchev–Trinajstić information content (AvgIpc) is 2.98. The second kappa shape index (κ2) is 6.46. The van der Waals surface area contributed by atoms with Gasteiger partial charge in [-0.2, -0.15) is 0 Å². The van der Waals surface area contributed by atoms with Crippen LogP contribution < -0.4 is 4.74 Å². The summed E-state index contributed by atoms with van der Waals surface area (Å²) in [5.74, 6) is 3.56. The fraction of sp³-hybridized carbons (Fsp3) is 0.652. The van der Waals surface area contributed by atoms with E-state index in [2.05, 4.69) is 49.7 Å². The van der Waals surface area contributed by atoms with Gasteiger partial charge in [-0.15, -0.1) is 6.58 Å². The van der Waals surface area contributed by atoms with Crippen LogP contribution in [0.1, 0.15) is 56.1 Å². The van der Waals surface area contributed by atoms with Gasteiger partial charge in [0, 0.05) is 12.6 Å². The molecule has 25 heavy (non-hydrogen) atoms. The van der Waals surface area contributed by atoms with Crippen molar-refractivity contribution in [3.8, 4) is 5.75 Å². The minimum absolute atomic E-state index is 0.489. The first-order chi connectivity index (χ1) is 12.1. The lowest BCUT2D eigenvalue weighted by Crippen LogP contribution is -2.49. The van der Waals surface area contributed by atoms with Crippen molar-refractivity contribution in [2.75, 3.05) is 20.7 Å². The highest BCUT2D eigenvalue weighted by atomic mass is 16.5. The van der Waals surface area contributed by atoms with E-state index in [9.17, 15) is 0 Å². The normalized spacial score (nSPS) is 36.5. The summed E-state index contributed by atoms with van der Waals surface area (Å²) in [6.45, 7) is 7.56. The van der Waals surface area contributed by atoms with E-state index in [4.69, 9.17) is 4.74 Å². The lowest BCUT2D eigenvalue weighted by atomic mass is 9.55. The Morgan fingerprint density at radius 3 is 2.88 bits per heavy atom. The predicted molar refractivity (Wildman–Crippen MR) is 104 cm³/mol. The molecule has 0 N–H and O–H groups in total. The molecule has 0 radical (unpaired) electrons. The van der Waals surface area contributed by atoms with Gasteiger partial charge in [-0.25, -0.2) is 0 Å². The summed E-state index contributed by atoms with van der Waals surface area (Å²) < 4.78 is 5.45. The third kappa shape index (κ3) is 2.65. The number of hydrogen-bond donors (Lipinski definition) is 0. The predicted octanol–water partition coefficient (Wildman–Crippen LogP) is 5.04. The number of fused-ring (bicyclic) bond motifs is 5. The first-order valence-corrected chi connectivity index (χ1v) is 10.1. The van der Waals surface area contributed by atoms with E-state index < -0.39 is 0 Å². The van der Waals surface area contributed by atoms with Gasteiger partial charge in [-0.1, -0.05) is 19.1 Å². The van der Waals surface area contributed by atoms with Crippen LogP contribution in [-0.4, -0.2) is 31.6 Å². The van der Waals surface area contributed by atoms with Crippen molar-refractivity contribution in [3.05, 3.63) is 42.0 Å². The van der Waals surface area contributed by atoms with Crippen LogP contribution in [0.4, 0.5) is 0 Å². The molecule has 0 spiro atoms. The van der Waals surface area contributed by atoms with E-state index in [0.29, 0.717) is 5.41 Å². The molecule has 0 bridgehead atoms. The van der Waals surface area contributed by atoms with Crippen LogP contribution >= 0.6 is 0 Å². The van der Waals surface area contributed by atoms with Crippen molar-refractivity contribution in [2.24, 2.45) is 17.3 Å². The Hall–Kier alpha value is -1.28. The Morgan fingerprint density at radius 1 is 1.28 bits per heavy atom. The molecule has 5 atom stereocenters. The maximum Gasteiger partial charge on any atom is 0.119 e. The van der Waals surface area contributed by atoms with E-state index in [0.717, 1.165) is 36.1 Å². The lowest BCUT2D eigenvalue weighted by molar-refractivity contribution is 0.0107. The number of rotatable bonds is 4. The first kappa shape index (κ1) is 17.1. The Labute approximate surface area is 153 Å². The minimum Gasteiger partial charge on any atom is -0.497 e. The molecule has 1 aromatic rings. The summed E-state index contributed by atoms with van der Waals surface area (Å²) in [5.41, 5.74) is 3.66. The van der Waals surface area contributed by atoms with Crippen LogP contribution in [0.5, 0.6) is 5.75 Å². The van der Waals surface area contributed by atoms with Crippen molar-refractivity contribution in [1.82, 2.24) is 4.90 Å². The molecule has 0 aromatic heterocycles. The quantitative estimate of drug-likeness (QED) is 0.713. The summed E-state index contributed by atoms with van der Waals surface area (Å²) in [6, 6.07) is 7.55. The molecule has 0 amide bonds. The van der Waals surface area contributed by atoms with Gasteiger partial charge < -0.3 is 4.74 Å². The highest BCUT2D eigenvalue weighted by molar-refractivity contribution is 5.40. The zero-order valence-corrected chi connectivity index (χ0v) is 16.1. The van der Waals surface area contributed by atoms with Gasteiger partial charge in [-0.3, -0.25) is 4.90 Å². The maximum absolute atomic E-state index is 5.45. The number of aryl methyl sites for hydroxylation is 1. The van der Waals surface area contributed by atoms with Gasteiger partial charge in [0.15, 0.2) is 0 Å². The molecule has 0 saturated heterocycles. The van der Waals surface area contributed by atoms with Gasteiger partial charge in [0.05, 0.1) is 7.11 Å². The molecular formula is C23H33NO. The fourth-order valence-electron chi connectivity index (χ4n) is 6.71. The van der Waals surface area contributed by atoms with Crippen molar-refractivity contribution < 1.29 is 4.74 Å². The number of likely N-dealkylation sites (N-methyl/N-ethyl adjacent to an activating group) is 1. The van der Waals surface area contributed by atoms with Crippen LogP contribution in [0.25, 0.3) is 0 Å². The highest BCUT2D eigenvalue weighted by Gasteiger charge is 2.55. The van der Waals surface area contributed by atoms with E-state index in [-0.39, 0.29) is 0 Å². The molecule has 2 nitrogen and oxygen atoms in total. The van der Waals surface area contributed by atoms with Crippen LogP contribution in [0, 0.1) is 17.3 Å². The summed E-state index contributed by atoms with van der Waals surface area (Å²) >= 11 is 0. The number of ether oxygens (including phenoxy) is 1.